The Morgan fingerprint density at radius 2 is 1.78 bits per heavy atom. The van der Waals surface area contributed by atoms with Gasteiger partial charge in [-0.1, -0.05) is 36.4 Å². The van der Waals surface area contributed by atoms with Crippen molar-refractivity contribution in [2.75, 3.05) is 25.2 Å². The molecule has 0 saturated carbocycles. The number of anilines is 1. The quantitative estimate of drug-likeness (QED) is 0.511. The van der Waals surface area contributed by atoms with E-state index < -0.39 is 6.04 Å². The standard InChI is InChI=1S/C25H29N3O3S/c1-16-11-12-21(15-17(16)2)28(25(30)23-18(3)27-19(4)32-23)22(20-9-7-6-8-10-20)24(29)26-13-14-31-5/h6-12,15,22H,13-14H2,1-5H3,(H,26,29)/t22-/m0/s1. The molecule has 2 aromatic carbocycles. The van der Waals surface area contributed by atoms with Crippen LogP contribution in [0.4, 0.5) is 5.69 Å². The number of benzene rings is 2. The molecule has 168 valence electrons. The van der Waals surface area contributed by atoms with Gasteiger partial charge >= 0.3 is 0 Å². The van der Waals surface area contributed by atoms with Crippen molar-refractivity contribution in [3.05, 3.63) is 80.8 Å². The van der Waals surface area contributed by atoms with Gasteiger partial charge in [0.25, 0.3) is 5.91 Å². The van der Waals surface area contributed by atoms with Crippen molar-refractivity contribution in [3.63, 3.8) is 0 Å². The predicted octanol–water partition coefficient (Wildman–Crippen LogP) is 4.53. The highest BCUT2D eigenvalue weighted by Crippen LogP contribution is 2.33. The van der Waals surface area contributed by atoms with E-state index >= 15 is 0 Å². The lowest BCUT2D eigenvalue weighted by atomic mass is 10.0. The Bertz CT molecular complexity index is 1100. The van der Waals surface area contributed by atoms with Gasteiger partial charge in [0.05, 0.1) is 17.3 Å². The largest absolute Gasteiger partial charge is 0.383 e. The molecule has 0 aliphatic heterocycles. The number of methoxy groups -OCH3 is 1. The highest BCUT2D eigenvalue weighted by atomic mass is 32.1. The van der Waals surface area contributed by atoms with Crippen LogP contribution in [0.25, 0.3) is 0 Å². The molecular formula is C25H29N3O3S. The van der Waals surface area contributed by atoms with E-state index in [4.69, 9.17) is 4.74 Å². The van der Waals surface area contributed by atoms with Crippen molar-refractivity contribution in [1.82, 2.24) is 10.3 Å². The van der Waals surface area contributed by atoms with Gasteiger partial charge < -0.3 is 10.1 Å². The van der Waals surface area contributed by atoms with Crippen molar-refractivity contribution in [1.29, 1.82) is 0 Å². The Hall–Kier alpha value is -3.03. The number of nitrogens with zero attached hydrogens (tertiary/aromatic N) is 2. The average Bonchev–Trinajstić information content (AvgIpc) is 3.12. The van der Waals surface area contributed by atoms with Gasteiger partial charge in [0.1, 0.15) is 10.9 Å². The molecule has 32 heavy (non-hydrogen) atoms. The first-order chi connectivity index (χ1) is 15.3. The molecule has 2 amide bonds. The van der Waals surface area contributed by atoms with Crippen LogP contribution in [-0.4, -0.2) is 37.1 Å². The van der Waals surface area contributed by atoms with Crippen molar-refractivity contribution in [2.45, 2.75) is 33.7 Å². The Labute approximate surface area is 193 Å². The Morgan fingerprint density at radius 1 is 1.06 bits per heavy atom. The Morgan fingerprint density at radius 3 is 2.38 bits per heavy atom. The number of thiazole rings is 1. The zero-order valence-electron chi connectivity index (χ0n) is 19.1. The molecule has 0 saturated heterocycles. The highest BCUT2D eigenvalue weighted by Gasteiger charge is 2.35. The first-order valence-electron chi connectivity index (χ1n) is 10.5. The van der Waals surface area contributed by atoms with E-state index in [9.17, 15) is 9.59 Å². The van der Waals surface area contributed by atoms with Crippen LogP contribution in [0.2, 0.25) is 0 Å². The van der Waals surface area contributed by atoms with Crippen LogP contribution in [-0.2, 0) is 9.53 Å². The molecule has 0 radical (unpaired) electrons. The maximum atomic E-state index is 13.9. The van der Waals surface area contributed by atoms with Gasteiger partial charge in [-0.3, -0.25) is 14.5 Å². The van der Waals surface area contributed by atoms with Crippen LogP contribution >= 0.6 is 11.3 Å². The van der Waals surface area contributed by atoms with Gasteiger partial charge in [-0.25, -0.2) is 4.98 Å². The third-order valence-electron chi connectivity index (χ3n) is 5.31. The molecule has 0 aliphatic carbocycles. The van der Waals surface area contributed by atoms with Gasteiger partial charge in [0.2, 0.25) is 5.91 Å². The number of hydrogen-bond donors (Lipinski definition) is 1. The normalized spacial score (nSPS) is 11.8. The van der Waals surface area contributed by atoms with E-state index in [1.807, 2.05) is 76.2 Å². The van der Waals surface area contributed by atoms with E-state index in [0.717, 1.165) is 21.7 Å². The SMILES string of the molecule is COCCNC(=O)[C@H](c1ccccc1)N(C(=O)c1sc(C)nc1C)c1ccc(C)c(C)c1. The number of ether oxygens (including phenoxy) is 1. The highest BCUT2D eigenvalue weighted by molar-refractivity contribution is 7.13. The number of hydrogen-bond acceptors (Lipinski definition) is 5. The molecule has 0 unspecified atom stereocenters. The number of aryl methyl sites for hydroxylation is 4. The third-order valence-corrected chi connectivity index (χ3v) is 6.37. The second kappa shape index (κ2) is 10.5. The molecule has 0 aliphatic rings. The molecule has 1 heterocycles. The second-order valence-corrected chi connectivity index (χ2v) is 8.89. The lowest BCUT2D eigenvalue weighted by Crippen LogP contribution is -2.44. The minimum atomic E-state index is -0.843. The molecule has 1 N–H and O–H groups in total. The number of carbonyl (C=O) groups is 2. The van der Waals surface area contributed by atoms with Crippen LogP contribution in [0, 0.1) is 27.7 Å². The van der Waals surface area contributed by atoms with Gasteiger partial charge in [-0.2, -0.15) is 0 Å². The molecule has 1 aromatic heterocycles. The Kier molecular flexibility index (Phi) is 7.77. The molecule has 7 heteroatoms. The fourth-order valence-corrected chi connectivity index (χ4v) is 4.38. The van der Waals surface area contributed by atoms with Crippen molar-refractivity contribution < 1.29 is 14.3 Å². The number of carbonyl (C=O) groups excluding carboxylic acids is 2. The van der Waals surface area contributed by atoms with Gasteiger partial charge in [0, 0.05) is 19.3 Å². The number of aromatic nitrogens is 1. The molecule has 1 atom stereocenters. The fourth-order valence-electron chi connectivity index (χ4n) is 3.52. The first kappa shape index (κ1) is 23.6. The Balaban J connectivity index is 2.16. The van der Waals surface area contributed by atoms with E-state index in [-0.39, 0.29) is 11.8 Å². The maximum absolute atomic E-state index is 13.9. The van der Waals surface area contributed by atoms with Crippen LogP contribution < -0.4 is 10.2 Å². The monoisotopic (exact) mass is 451 g/mol. The maximum Gasteiger partial charge on any atom is 0.271 e. The summed E-state index contributed by atoms with van der Waals surface area (Å²) in [5.41, 5.74) is 4.22. The van der Waals surface area contributed by atoms with Crippen molar-refractivity contribution in [2.24, 2.45) is 0 Å². The average molecular weight is 452 g/mol. The fraction of sp³-hybridized carbons (Fsp3) is 0.320. The molecule has 3 aromatic rings. The molecule has 6 nitrogen and oxygen atoms in total. The third kappa shape index (κ3) is 5.23. The van der Waals surface area contributed by atoms with Gasteiger partial charge in [0.15, 0.2) is 0 Å². The van der Waals surface area contributed by atoms with Crippen LogP contribution in [0.15, 0.2) is 48.5 Å². The summed E-state index contributed by atoms with van der Waals surface area (Å²) in [6.45, 7) is 8.46. The van der Waals surface area contributed by atoms with Crippen LogP contribution in [0.3, 0.4) is 0 Å². The van der Waals surface area contributed by atoms with Gasteiger partial charge in [-0.15, -0.1) is 11.3 Å². The van der Waals surface area contributed by atoms with Crippen LogP contribution in [0.5, 0.6) is 0 Å². The summed E-state index contributed by atoms with van der Waals surface area (Å²) in [4.78, 5) is 33.9. The molecule has 3 rings (SSSR count). The number of nitrogens with one attached hydrogen (secondary N) is 1. The molecule has 0 bridgehead atoms. The molecule has 0 fully saturated rings. The summed E-state index contributed by atoms with van der Waals surface area (Å²) in [5, 5.41) is 3.73. The summed E-state index contributed by atoms with van der Waals surface area (Å²) in [7, 11) is 1.58. The van der Waals surface area contributed by atoms with E-state index in [0.29, 0.717) is 29.4 Å². The molecular weight excluding hydrogens is 422 g/mol. The summed E-state index contributed by atoms with van der Waals surface area (Å²) < 4.78 is 5.09. The minimum absolute atomic E-state index is 0.243. The van der Waals surface area contributed by atoms with Crippen molar-refractivity contribution in [3.8, 4) is 0 Å². The summed E-state index contributed by atoms with van der Waals surface area (Å²) in [5.74, 6) is -0.509. The van der Waals surface area contributed by atoms with E-state index in [2.05, 4.69) is 10.3 Å². The predicted molar refractivity (Wildman–Crippen MR) is 128 cm³/mol. The van der Waals surface area contributed by atoms with Crippen molar-refractivity contribution >= 4 is 28.8 Å². The summed E-state index contributed by atoms with van der Waals surface area (Å²) >= 11 is 1.34. The number of amides is 2. The lowest BCUT2D eigenvalue weighted by Gasteiger charge is -2.31. The summed E-state index contributed by atoms with van der Waals surface area (Å²) in [6.07, 6.45) is 0. The van der Waals surface area contributed by atoms with E-state index in [1.54, 1.807) is 12.0 Å². The summed E-state index contributed by atoms with van der Waals surface area (Å²) in [6, 6.07) is 14.3. The first-order valence-corrected chi connectivity index (χ1v) is 11.3. The topological polar surface area (TPSA) is 71.5 Å². The second-order valence-electron chi connectivity index (χ2n) is 7.69. The lowest BCUT2D eigenvalue weighted by molar-refractivity contribution is -0.122. The van der Waals surface area contributed by atoms with Gasteiger partial charge in [-0.05, 0) is 56.5 Å². The zero-order valence-corrected chi connectivity index (χ0v) is 20.0. The zero-order chi connectivity index (χ0) is 23.3. The molecule has 0 spiro atoms. The number of rotatable bonds is 8. The van der Waals surface area contributed by atoms with Crippen LogP contribution in [0.1, 0.15) is 43.1 Å². The smallest absolute Gasteiger partial charge is 0.271 e. The van der Waals surface area contributed by atoms with E-state index in [1.165, 1.54) is 11.3 Å². The minimum Gasteiger partial charge on any atom is -0.383 e.